The largest absolute Gasteiger partial charge is 0.383 e. The Morgan fingerprint density at radius 3 is 2.47 bits per heavy atom. The minimum Gasteiger partial charge on any atom is -0.383 e. The molecule has 0 amide bonds. The van der Waals surface area contributed by atoms with Crippen LogP contribution < -0.4 is 5.73 Å². The number of hydrogen-bond acceptors (Lipinski definition) is 5. The van der Waals surface area contributed by atoms with E-state index in [0.717, 1.165) is 31.4 Å². The lowest BCUT2D eigenvalue weighted by molar-refractivity contribution is 0.0961. The van der Waals surface area contributed by atoms with Gasteiger partial charge in [0, 0.05) is 5.56 Å². The Balaban J connectivity index is 1.79. The second-order valence-corrected chi connectivity index (χ2v) is 9.53. The molecular formula is C25H22IN5O. The number of carbonyl (C=O) groups excluding carboxylic acids is 1. The van der Waals surface area contributed by atoms with Gasteiger partial charge < -0.3 is 5.73 Å². The topological polar surface area (TPSA) is 86.7 Å². The number of nitrogen functional groups attached to an aromatic ring is 1. The van der Waals surface area contributed by atoms with Gasteiger partial charge in [0.2, 0.25) is 0 Å². The number of aryl methyl sites for hydroxylation is 1. The standard InChI is InChI=1S/C25H22IN5O/c1-14-28-23(27)20-22(26)30-31(24(20)29-14)25(2,3)18-13-16-11-7-8-12-17(16)21(32)19(18)15-9-5-4-6-10-15/h4-13,19H,1-3H3,(H2,27,28,29). The van der Waals surface area contributed by atoms with Gasteiger partial charge in [0.1, 0.15) is 15.3 Å². The third-order valence-electron chi connectivity index (χ3n) is 6.10. The lowest BCUT2D eigenvalue weighted by Gasteiger charge is -2.36. The number of ketones is 1. The van der Waals surface area contributed by atoms with E-state index in [0.29, 0.717) is 17.3 Å². The fraction of sp³-hybridized carbons (Fsp3) is 0.200. The van der Waals surface area contributed by atoms with Gasteiger partial charge in [-0.1, -0.05) is 60.7 Å². The van der Waals surface area contributed by atoms with Crippen molar-refractivity contribution >= 4 is 51.3 Å². The number of anilines is 1. The molecule has 0 radical (unpaired) electrons. The second kappa shape index (κ2) is 7.51. The van der Waals surface area contributed by atoms with Crippen molar-refractivity contribution in [1.29, 1.82) is 0 Å². The number of rotatable bonds is 3. The minimum absolute atomic E-state index is 0.0915. The van der Waals surface area contributed by atoms with Crippen molar-refractivity contribution in [2.75, 3.05) is 5.73 Å². The first-order valence-electron chi connectivity index (χ1n) is 10.4. The van der Waals surface area contributed by atoms with Gasteiger partial charge in [-0.2, -0.15) is 5.10 Å². The first-order valence-corrected chi connectivity index (χ1v) is 11.5. The molecule has 0 saturated carbocycles. The van der Waals surface area contributed by atoms with Gasteiger partial charge in [-0.3, -0.25) is 4.79 Å². The molecule has 2 heterocycles. The molecule has 0 bridgehead atoms. The van der Waals surface area contributed by atoms with Crippen LogP contribution in [0.15, 0.2) is 60.2 Å². The molecule has 2 aromatic heterocycles. The molecule has 4 aromatic rings. The number of benzene rings is 2. The Hall–Kier alpha value is -3.07. The van der Waals surface area contributed by atoms with Gasteiger partial charge in [-0.15, -0.1) is 0 Å². The van der Waals surface area contributed by atoms with Crippen LogP contribution in [0.3, 0.4) is 0 Å². The van der Waals surface area contributed by atoms with Crippen LogP contribution in [0, 0.1) is 10.6 Å². The summed E-state index contributed by atoms with van der Waals surface area (Å²) < 4.78 is 2.63. The van der Waals surface area contributed by atoms with E-state index in [9.17, 15) is 4.79 Å². The zero-order valence-corrected chi connectivity index (χ0v) is 20.2. The molecule has 7 heteroatoms. The molecule has 1 unspecified atom stereocenters. The van der Waals surface area contributed by atoms with Crippen LogP contribution in [0.1, 0.15) is 47.1 Å². The number of aromatic nitrogens is 4. The van der Waals surface area contributed by atoms with Crippen molar-refractivity contribution in [2.45, 2.75) is 32.2 Å². The smallest absolute Gasteiger partial charge is 0.175 e. The van der Waals surface area contributed by atoms with Crippen molar-refractivity contribution in [3.8, 4) is 0 Å². The summed E-state index contributed by atoms with van der Waals surface area (Å²) in [6.45, 7) is 5.97. The molecule has 6 nitrogen and oxygen atoms in total. The van der Waals surface area contributed by atoms with Crippen molar-refractivity contribution in [3.63, 3.8) is 0 Å². The van der Waals surface area contributed by atoms with Gasteiger partial charge in [0.05, 0.1) is 16.8 Å². The highest BCUT2D eigenvalue weighted by Crippen LogP contribution is 2.44. The molecule has 0 aliphatic heterocycles. The summed E-state index contributed by atoms with van der Waals surface area (Å²) in [5.41, 5.74) is 9.82. The number of Topliss-reactive ketones (excluding diaryl/α,β-unsaturated/α-hetero) is 1. The highest BCUT2D eigenvalue weighted by molar-refractivity contribution is 14.1. The number of hydrogen-bond donors (Lipinski definition) is 1. The summed E-state index contributed by atoms with van der Waals surface area (Å²) in [5.74, 6) is 0.673. The minimum atomic E-state index is -0.654. The quantitative estimate of drug-likeness (QED) is 0.368. The molecule has 1 aliphatic rings. The zero-order chi connectivity index (χ0) is 22.6. The molecule has 0 fully saturated rings. The first kappa shape index (κ1) is 20.8. The average molecular weight is 535 g/mol. The monoisotopic (exact) mass is 535 g/mol. The predicted molar refractivity (Wildman–Crippen MR) is 134 cm³/mol. The van der Waals surface area contributed by atoms with Gasteiger partial charge in [-0.05, 0) is 60.1 Å². The lowest BCUT2D eigenvalue weighted by Crippen LogP contribution is -2.37. The number of carbonyl (C=O) groups is 1. The molecule has 0 spiro atoms. The second-order valence-electron chi connectivity index (χ2n) is 8.51. The number of nitrogens with two attached hydrogens (primary N) is 1. The van der Waals surface area contributed by atoms with E-state index in [1.54, 1.807) is 0 Å². The van der Waals surface area contributed by atoms with Gasteiger partial charge >= 0.3 is 0 Å². The summed E-state index contributed by atoms with van der Waals surface area (Å²) in [7, 11) is 0. The van der Waals surface area contributed by atoms with Gasteiger partial charge in [0.25, 0.3) is 0 Å². The van der Waals surface area contributed by atoms with Crippen LogP contribution in [0.4, 0.5) is 5.82 Å². The Bertz CT molecular complexity index is 1400. The summed E-state index contributed by atoms with van der Waals surface area (Å²) in [6.07, 6.45) is 2.13. The van der Waals surface area contributed by atoms with E-state index >= 15 is 0 Å². The van der Waals surface area contributed by atoms with Crippen molar-refractivity contribution in [2.24, 2.45) is 0 Å². The van der Waals surface area contributed by atoms with E-state index in [4.69, 9.17) is 10.8 Å². The number of allylic oxidation sites excluding steroid dienone is 1. The molecule has 2 N–H and O–H groups in total. The molecule has 1 aliphatic carbocycles. The normalized spacial score (nSPS) is 16.2. The van der Waals surface area contributed by atoms with Crippen molar-refractivity contribution < 1.29 is 4.79 Å². The van der Waals surface area contributed by atoms with Crippen LogP contribution in [0.2, 0.25) is 0 Å². The van der Waals surface area contributed by atoms with E-state index in [2.05, 4.69) is 52.5 Å². The highest BCUT2D eigenvalue weighted by atomic mass is 127. The third kappa shape index (κ3) is 3.14. The predicted octanol–water partition coefficient (Wildman–Crippen LogP) is 5.12. The fourth-order valence-corrected chi connectivity index (χ4v) is 5.26. The molecular weight excluding hydrogens is 513 g/mol. The highest BCUT2D eigenvalue weighted by Gasteiger charge is 2.41. The molecule has 5 rings (SSSR count). The Morgan fingerprint density at radius 2 is 1.72 bits per heavy atom. The maximum Gasteiger partial charge on any atom is 0.175 e. The summed E-state index contributed by atoms with van der Waals surface area (Å²) >= 11 is 2.17. The molecule has 160 valence electrons. The average Bonchev–Trinajstić information content (AvgIpc) is 3.11. The lowest BCUT2D eigenvalue weighted by atomic mass is 9.72. The number of nitrogens with zero attached hydrogens (tertiary/aromatic N) is 4. The first-order chi connectivity index (χ1) is 15.3. The number of fused-ring (bicyclic) bond motifs is 2. The van der Waals surface area contributed by atoms with Gasteiger partial charge in [-0.25, -0.2) is 14.6 Å². The van der Waals surface area contributed by atoms with E-state index < -0.39 is 11.5 Å². The maximum absolute atomic E-state index is 13.8. The molecule has 32 heavy (non-hydrogen) atoms. The Morgan fingerprint density at radius 1 is 1.03 bits per heavy atom. The van der Waals surface area contributed by atoms with Crippen LogP contribution in [0.25, 0.3) is 17.1 Å². The van der Waals surface area contributed by atoms with Gasteiger partial charge in [0.15, 0.2) is 11.4 Å². The molecule has 1 atom stereocenters. The fourth-order valence-electron chi connectivity index (χ4n) is 4.53. The maximum atomic E-state index is 13.8. The van der Waals surface area contributed by atoms with Crippen LogP contribution in [-0.2, 0) is 5.54 Å². The van der Waals surface area contributed by atoms with E-state index in [1.165, 1.54) is 0 Å². The molecule has 2 aromatic carbocycles. The van der Waals surface area contributed by atoms with E-state index in [1.807, 2.05) is 66.2 Å². The Labute approximate surface area is 199 Å². The summed E-state index contributed by atoms with van der Waals surface area (Å²) in [6, 6.07) is 17.7. The van der Waals surface area contributed by atoms with Crippen LogP contribution >= 0.6 is 22.6 Å². The van der Waals surface area contributed by atoms with Crippen LogP contribution in [-0.4, -0.2) is 25.5 Å². The van der Waals surface area contributed by atoms with Crippen LogP contribution in [0.5, 0.6) is 0 Å². The van der Waals surface area contributed by atoms with E-state index in [-0.39, 0.29) is 5.78 Å². The summed E-state index contributed by atoms with van der Waals surface area (Å²) in [5, 5.41) is 5.56. The summed E-state index contributed by atoms with van der Waals surface area (Å²) in [4.78, 5) is 22.8. The molecule has 0 saturated heterocycles. The van der Waals surface area contributed by atoms with Crippen molar-refractivity contribution in [1.82, 2.24) is 19.7 Å². The Kier molecular flexibility index (Phi) is 4.88. The zero-order valence-electron chi connectivity index (χ0n) is 18.0. The third-order valence-corrected chi connectivity index (χ3v) is 6.86. The SMILES string of the molecule is Cc1nc(N)c2c(I)nn(C(C)(C)C3=Cc4ccccc4C(=O)C3c3ccccc3)c2n1. The number of halogens is 1. The van der Waals surface area contributed by atoms with Crippen molar-refractivity contribution in [3.05, 3.63) is 86.4 Å².